The van der Waals surface area contributed by atoms with E-state index in [1.807, 2.05) is 30.3 Å². The Hall–Kier alpha value is -1.39. The Kier molecular flexibility index (Phi) is 4.73. The Bertz CT molecular complexity index is 375. The highest BCUT2D eigenvalue weighted by Gasteiger charge is 2.18. The van der Waals surface area contributed by atoms with Crippen LogP contribution in [0.4, 0.5) is 0 Å². The maximum Gasteiger partial charge on any atom is 0.237 e. The average molecular weight is 248 g/mol. The van der Waals surface area contributed by atoms with Gasteiger partial charge in [0, 0.05) is 13.2 Å². The van der Waals surface area contributed by atoms with Gasteiger partial charge >= 0.3 is 0 Å². The molecule has 1 heterocycles. The van der Waals surface area contributed by atoms with E-state index in [0.29, 0.717) is 13.0 Å². The summed E-state index contributed by atoms with van der Waals surface area (Å²) in [7, 11) is 0. The van der Waals surface area contributed by atoms with E-state index in [1.165, 1.54) is 0 Å². The lowest BCUT2D eigenvalue weighted by atomic mass is 10.1. The number of ether oxygens (including phenoxy) is 1. The molecule has 4 heteroatoms. The van der Waals surface area contributed by atoms with Gasteiger partial charge in [-0.05, 0) is 24.8 Å². The van der Waals surface area contributed by atoms with Crippen molar-refractivity contribution in [3.05, 3.63) is 35.9 Å². The minimum absolute atomic E-state index is 0.102. The smallest absolute Gasteiger partial charge is 0.237 e. The zero-order chi connectivity index (χ0) is 12.8. The van der Waals surface area contributed by atoms with E-state index in [9.17, 15) is 4.79 Å². The molecule has 98 valence electrons. The molecule has 0 bridgehead atoms. The van der Waals surface area contributed by atoms with Crippen LogP contribution in [0.25, 0.3) is 0 Å². The van der Waals surface area contributed by atoms with E-state index in [1.54, 1.807) is 0 Å². The minimum atomic E-state index is -0.492. The largest absolute Gasteiger partial charge is 0.376 e. The molecule has 1 aliphatic heterocycles. The van der Waals surface area contributed by atoms with Crippen molar-refractivity contribution in [2.75, 3.05) is 13.2 Å². The van der Waals surface area contributed by atoms with Gasteiger partial charge in [0.15, 0.2) is 0 Å². The van der Waals surface area contributed by atoms with E-state index in [-0.39, 0.29) is 12.0 Å². The van der Waals surface area contributed by atoms with Gasteiger partial charge in [-0.25, -0.2) is 0 Å². The van der Waals surface area contributed by atoms with Crippen LogP contribution < -0.4 is 11.1 Å². The first-order valence-corrected chi connectivity index (χ1v) is 6.44. The molecule has 0 aliphatic carbocycles. The molecule has 3 N–H and O–H groups in total. The van der Waals surface area contributed by atoms with Gasteiger partial charge in [-0.1, -0.05) is 30.3 Å². The van der Waals surface area contributed by atoms with Gasteiger partial charge in [-0.2, -0.15) is 0 Å². The SMILES string of the molecule is N[C@@H](Cc1ccccc1)C(=O)NC[C@@H]1CCCO1. The zero-order valence-electron chi connectivity index (χ0n) is 10.5. The molecular formula is C14H20N2O2. The maximum atomic E-state index is 11.8. The predicted octanol–water partition coefficient (Wildman–Crippen LogP) is 0.852. The fraction of sp³-hybridized carbons (Fsp3) is 0.500. The number of benzene rings is 1. The fourth-order valence-electron chi connectivity index (χ4n) is 2.11. The van der Waals surface area contributed by atoms with Gasteiger partial charge < -0.3 is 15.8 Å². The lowest BCUT2D eigenvalue weighted by Crippen LogP contribution is -2.44. The Morgan fingerprint density at radius 2 is 2.22 bits per heavy atom. The van der Waals surface area contributed by atoms with Gasteiger partial charge in [-0.3, -0.25) is 4.79 Å². The fourth-order valence-corrected chi connectivity index (χ4v) is 2.11. The van der Waals surface area contributed by atoms with E-state index >= 15 is 0 Å². The molecule has 0 saturated carbocycles. The van der Waals surface area contributed by atoms with Crippen molar-refractivity contribution in [2.24, 2.45) is 5.73 Å². The van der Waals surface area contributed by atoms with Crippen LogP contribution in [-0.2, 0) is 16.0 Å². The molecule has 0 radical (unpaired) electrons. The number of nitrogens with one attached hydrogen (secondary N) is 1. The summed E-state index contributed by atoms with van der Waals surface area (Å²) in [5.41, 5.74) is 6.96. The third-order valence-electron chi connectivity index (χ3n) is 3.16. The van der Waals surface area contributed by atoms with Gasteiger partial charge in [0.1, 0.15) is 0 Å². The van der Waals surface area contributed by atoms with E-state index in [4.69, 9.17) is 10.5 Å². The Labute approximate surface area is 108 Å². The molecular weight excluding hydrogens is 228 g/mol. The second-order valence-electron chi connectivity index (χ2n) is 4.68. The van der Waals surface area contributed by atoms with Gasteiger partial charge in [0.25, 0.3) is 0 Å². The van der Waals surface area contributed by atoms with Crippen molar-refractivity contribution in [2.45, 2.75) is 31.4 Å². The van der Waals surface area contributed by atoms with Crippen LogP contribution in [0.5, 0.6) is 0 Å². The molecule has 0 spiro atoms. The van der Waals surface area contributed by atoms with Crippen molar-refractivity contribution >= 4 is 5.91 Å². The highest BCUT2D eigenvalue weighted by molar-refractivity contribution is 5.81. The van der Waals surface area contributed by atoms with E-state index in [0.717, 1.165) is 25.0 Å². The lowest BCUT2D eigenvalue weighted by Gasteiger charge is -2.15. The van der Waals surface area contributed by atoms with E-state index < -0.39 is 6.04 Å². The van der Waals surface area contributed by atoms with Crippen molar-refractivity contribution in [1.82, 2.24) is 5.32 Å². The normalized spacial score (nSPS) is 20.6. The predicted molar refractivity (Wildman–Crippen MR) is 70.1 cm³/mol. The number of carbonyl (C=O) groups excluding carboxylic acids is 1. The Balaban J connectivity index is 1.74. The number of rotatable bonds is 5. The Morgan fingerprint density at radius 3 is 2.89 bits per heavy atom. The third-order valence-corrected chi connectivity index (χ3v) is 3.16. The molecule has 1 aliphatic rings. The van der Waals surface area contributed by atoms with Crippen molar-refractivity contribution in [3.63, 3.8) is 0 Å². The first-order chi connectivity index (χ1) is 8.75. The third kappa shape index (κ3) is 3.82. The highest BCUT2D eigenvalue weighted by atomic mass is 16.5. The molecule has 2 rings (SSSR count). The first-order valence-electron chi connectivity index (χ1n) is 6.44. The van der Waals surface area contributed by atoms with Crippen molar-refractivity contribution in [1.29, 1.82) is 0 Å². The summed E-state index contributed by atoms with van der Waals surface area (Å²) in [6, 6.07) is 9.32. The van der Waals surface area contributed by atoms with E-state index in [2.05, 4.69) is 5.32 Å². The minimum Gasteiger partial charge on any atom is -0.376 e. The van der Waals surface area contributed by atoms with Crippen LogP contribution in [0.1, 0.15) is 18.4 Å². The lowest BCUT2D eigenvalue weighted by molar-refractivity contribution is -0.122. The average Bonchev–Trinajstić information content (AvgIpc) is 2.90. The summed E-state index contributed by atoms with van der Waals surface area (Å²) in [5, 5.41) is 2.86. The molecule has 18 heavy (non-hydrogen) atoms. The summed E-state index contributed by atoms with van der Waals surface area (Å²) in [4.78, 5) is 11.8. The Morgan fingerprint density at radius 1 is 1.44 bits per heavy atom. The van der Waals surface area contributed by atoms with Gasteiger partial charge in [0.05, 0.1) is 12.1 Å². The van der Waals surface area contributed by atoms with Gasteiger partial charge in [0.2, 0.25) is 5.91 Å². The van der Waals surface area contributed by atoms with Crippen LogP contribution in [0.2, 0.25) is 0 Å². The molecule has 1 aromatic rings. The number of carbonyl (C=O) groups is 1. The topological polar surface area (TPSA) is 64.4 Å². The summed E-state index contributed by atoms with van der Waals surface area (Å²) in [5.74, 6) is -0.102. The quantitative estimate of drug-likeness (QED) is 0.812. The molecule has 2 atom stereocenters. The number of amides is 1. The molecule has 4 nitrogen and oxygen atoms in total. The molecule has 1 saturated heterocycles. The second kappa shape index (κ2) is 6.52. The molecule has 0 aromatic heterocycles. The molecule has 1 amide bonds. The summed E-state index contributed by atoms with van der Waals surface area (Å²) in [6.07, 6.45) is 2.83. The number of nitrogens with two attached hydrogens (primary N) is 1. The summed E-state index contributed by atoms with van der Waals surface area (Å²) < 4.78 is 5.45. The summed E-state index contributed by atoms with van der Waals surface area (Å²) in [6.45, 7) is 1.37. The maximum absolute atomic E-state index is 11.8. The molecule has 0 unspecified atom stereocenters. The first kappa shape index (κ1) is 13.1. The van der Waals surface area contributed by atoms with Crippen LogP contribution >= 0.6 is 0 Å². The number of hydrogen-bond acceptors (Lipinski definition) is 3. The molecule has 1 fully saturated rings. The van der Waals surface area contributed by atoms with Crippen LogP contribution in [0.15, 0.2) is 30.3 Å². The molecule has 1 aromatic carbocycles. The summed E-state index contributed by atoms with van der Waals surface area (Å²) >= 11 is 0. The van der Waals surface area contributed by atoms with Crippen LogP contribution in [-0.4, -0.2) is 31.2 Å². The van der Waals surface area contributed by atoms with Crippen molar-refractivity contribution < 1.29 is 9.53 Å². The van der Waals surface area contributed by atoms with Crippen LogP contribution in [0.3, 0.4) is 0 Å². The monoisotopic (exact) mass is 248 g/mol. The number of hydrogen-bond donors (Lipinski definition) is 2. The van der Waals surface area contributed by atoms with Gasteiger partial charge in [-0.15, -0.1) is 0 Å². The van der Waals surface area contributed by atoms with Crippen LogP contribution in [0, 0.1) is 0 Å². The second-order valence-corrected chi connectivity index (χ2v) is 4.68. The highest BCUT2D eigenvalue weighted by Crippen LogP contribution is 2.10. The van der Waals surface area contributed by atoms with Crippen molar-refractivity contribution in [3.8, 4) is 0 Å². The standard InChI is InChI=1S/C14H20N2O2/c15-13(9-11-5-2-1-3-6-11)14(17)16-10-12-7-4-8-18-12/h1-3,5-6,12-13H,4,7-10,15H2,(H,16,17)/t12-,13-/m0/s1. The zero-order valence-corrected chi connectivity index (χ0v) is 10.5.